The fourth-order valence-electron chi connectivity index (χ4n) is 2.98. The molecule has 1 saturated carbocycles. The minimum atomic E-state index is -3.52. The molecule has 124 valence electrons. The molecule has 1 N–H and O–H groups in total. The third kappa shape index (κ3) is 3.25. The number of rotatable bonds is 5. The molecule has 0 radical (unpaired) electrons. The zero-order valence-electron chi connectivity index (χ0n) is 12.9. The third-order valence-electron chi connectivity index (χ3n) is 4.18. The Bertz CT molecular complexity index is 626. The molecule has 1 aliphatic heterocycles. The van der Waals surface area contributed by atoms with Gasteiger partial charge in [0.1, 0.15) is 10.6 Å². The SMILES string of the molecule is COc1ccc(C)cc1S(=O)(=O)N(C1CC1)C1CCNC1.Cl. The van der Waals surface area contributed by atoms with Crippen LogP contribution in [0.25, 0.3) is 0 Å². The second kappa shape index (κ2) is 6.74. The van der Waals surface area contributed by atoms with Gasteiger partial charge in [0.2, 0.25) is 10.0 Å². The van der Waals surface area contributed by atoms with Gasteiger partial charge in [-0.3, -0.25) is 0 Å². The number of nitrogens with zero attached hydrogens (tertiary/aromatic N) is 1. The summed E-state index contributed by atoms with van der Waals surface area (Å²) in [6.45, 7) is 3.52. The Hall–Kier alpha value is -0.820. The fourth-order valence-corrected chi connectivity index (χ4v) is 5.12. The molecule has 2 aliphatic rings. The number of methoxy groups -OCH3 is 1. The number of hydrogen-bond donors (Lipinski definition) is 1. The van der Waals surface area contributed by atoms with Crippen LogP contribution in [0.5, 0.6) is 5.75 Å². The van der Waals surface area contributed by atoms with Gasteiger partial charge in [-0.15, -0.1) is 12.4 Å². The molecule has 1 saturated heterocycles. The van der Waals surface area contributed by atoms with Crippen molar-refractivity contribution in [1.29, 1.82) is 0 Å². The summed E-state index contributed by atoms with van der Waals surface area (Å²) in [6, 6.07) is 5.54. The first-order valence-electron chi connectivity index (χ1n) is 7.43. The first-order chi connectivity index (χ1) is 10.0. The molecule has 1 aliphatic carbocycles. The second-order valence-corrected chi connectivity index (χ2v) is 7.68. The average molecular weight is 347 g/mol. The van der Waals surface area contributed by atoms with Gasteiger partial charge in [-0.1, -0.05) is 6.07 Å². The molecule has 3 rings (SSSR count). The van der Waals surface area contributed by atoms with Crippen molar-refractivity contribution in [2.24, 2.45) is 0 Å². The maximum absolute atomic E-state index is 13.2. The van der Waals surface area contributed by atoms with Crippen LogP contribution in [-0.2, 0) is 10.0 Å². The van der Waals surface area contributed by atoms with Crippen LogP contribution >= 0.6 is 12.4 Å². The summed E-state index contributed by atoms with van der Waals surface area (Å²) >= 11 is 0. The van der Waals surface area contributed by atoms with Gasteiger partial charge in [0.05, 0.1) is 7.11 Å². The number of sulfonamides is 1. The summed E-state index contributed by atoms with van der Waals surface area (Å²) in [4.78, 5) is 0.295. The highest BCUT2D eigenvalue weighted by Crippen LogP contribution is 2.38. The van der Waals surface area contributed by atoms with Crippen molar-refractivity contribution >= 4 is 22.4 Å². The number of ether oxygens (including phenoxy) is 1. The van der Waals surface area contributed by atoms with Crippen LogP contribution in [0.3, 0.4) is 0 Å². The molecule has 0 aromatic heterocycles. The lowest BCUT2D eigenvalue weighted by Gasteiger charge is -2.28. The van der Waals surface area contributed by atoms with Gasteiger partial charge in [-0.2, -0.15) is 4.31 Å². The summed E-state index contributed by atoms with van der Waals surface area (Å²) in [5.41, 5.74) is 0.926. The summed E-state index contributed by atoms with van der Waals surface area (Å²) in [5.74, 6) is 0.428. The molecule has 1 heterocycles. The molecule has 1 unspecified atom stereocenters. The number of halogens is 1. The first-order valence-corrected chi connectivity index (χ1v) is 8.87. The Balaban J connectivity index is 0.00000176. The van der Waals surface area contributed by atoms with Crippen LogP contribution in [0, 0.1) is 6.92 Å². The molecule has 1 aromatic rings. The van der Waals surface area contributed by atoms with Gasteiger partial charge < -0.3 is 10.1 Å². The molecule has 2 fully saturated rings. The van der Waals surface area contributed by atoms with Crippen molar-refractivity contribution in [2.45, 2.75) is 43.2 Å². The largest absolute Gasteiger partial charge is 0.495 e. The summed E-state index contributed by atoms with van der Waals surface area (Å²) in [5, 5.41) is 3.26. The van der Waals surface area contributed by atoms with E-state index in [-0.39, 0.29) is 24.5 Å². The van der Waals surface area contributed by atoms with E-state index in [1.54, 1.807) is 16.4 Å². The van der Waals surface area contributed by atoms with E-state index in [1.165, 1.54) is 7.11 Å². The summed E-state index contributed by atoms with van der Waals surface area (Å²) in [7, 11) is -2.00. The van der Waals surface area contributed by atoms with E-state index < -0.39 is 10.0 Å². The molecule has 0 bridgehead atoms. The van der Waals surface area contributed by atoms with Crippen LogP contribution in [0.2, 0.25) is 0 Å². The van der Waals surface area contributed by atoms with Crippen molar-refractivity contribution < 1.29 is 13.2 Å². The fraction of sp³-hybridized carbons (Fsp3) is 0.600. The lowest BCUT2D eigenvalue weighted by molar-refractivity contribution is 0.324. The minimum Gasteiger partial charge on any atom is -0.495 e. The Morgan fingerprint density at radius 1 is 1.23 bits per heavy atom. The van der Waals surface area contributed by atoms with E-state index >= 15 is 0 Å². The Morgan fingerprint density at radius 2 is 1.95 bits per heavy atom. The van der Waals surface area contributed by atoms with E-state index in [4.69, 9.17) is 4.74 Å². The predicted octanol–water partition coefficient (Wildman–Crippen LogP) is 1.94. The Kier molecular flexibility index (Phi) is 5.37. The third-order valence-corrected chi connectivity index (χ3v) is 6.20. The van der Waals surface area contributed by atoms with Gasteiger partial charge in [0, 0.05) is 18.6 Å². The Morgan fingerprint density at radius 3 is 2.50 bits per heavy atom. The van der Waals surface area contributed by atoms with Crippen molar-refractivity contribution in [2.75, 3.05) is 20.2 Å². The highest BCUT2D eigenvalue weighted by Gasteiger charge is 2.44. The second-order valence-electron chi connectivity index (χ2n) is 5.87. The molecule has 22 heavy (non-hydrogen) atoms. The maximum Gasteiger partial charge on any atom is 0.247 e. The number of benzene rings is 1. The van der Waals surface area contributed by atoms with Crippen molar-refractivity contribution in [3.63, 3.8) is 0 Å². The van der Waals surface area contributed by atoms with Crippen molar-refractivity contribution in [3.8, 4) is 5.75 Å². The lowest BCUT2D eigenvalue weighted by atomic mass is 10.2. The zero-order chi connectivity index (χ0) is 15.0. The van der Waals surface area contributed by atoms with Gasteiger partial charge in [-0.05, 0) is 50.4 Å². The molecule has 5 nitrogen and oxygen atoms in total. The van der Waals surface area contributed by atoms with Crippen LogP contribution in [0.1, 0.15) is 24.8 Å². The van der Waals surface area contributed by atoms with Gasteiger partial charge in [0.25, 0.3) is 0 Å². The van der Waals surface area contributed by atoms with E-state index in [1.807, 2.05) is 13.0 Å². The predicted molar refractivity (Wildman–Crippen MR) is 88.3 cm³/mol. The number of hydrogen-bond acceptors (Lipinski definition) is 4. The van der Waals surface area contributed by atoms with E-state index in [0.717, 1.165) is 37.9 Å². The molecule has 1 aromatic carbocycles. The highest BCUT2D eigenvalue weighted by atomic mass is 35.5. The lowest BCUT2D eigenvalue weighted by Crippen LogP contribution is -2.43. The van der Waals surface area contributed by atoms with Crippen molar-refractivity contribution in [1.82, 2.24) is 9.62 Å². The van der Waals surface area contributed by atoms with Gasteiger partial charge in [0.15, 0.2) is 0 Å². The normalized spacial score (nSPS) is 21.7. The molecule has 1 atom stereocenters. The quantitative estimate of drug-likeness (QED) is 0.885. The molecule has 0 amide bonds. The average Bonchev–Trinajstić information content (AvgIpc) is 3.13. The highest BCUT2D eigenvalue weighted by molar-refractivity contribution is 7.89. The molecular weight excluding hydrogens is 324 g/mol. The molecular formula is C15H23ClN2O3S. The zero-order valence-corrected chi connectivity index (χ0v) is 14.5. The maximum atomic E-state index is 13.2. The van der Waals surface area contributed by atoms with Crippen LogP contribution < -0.4 is 10.1 Å². The molecule has 7 heteroatoms. The molecule has 0 spiro atoms. The van der Waals surface area contributed by atoms with Gasteiger partial charge >= 0.3 is 0 Å². The standard InChI is InChI=1S/C15H22N2O3S.ClH/c1-11-3-6-14(20-2)15(9-11)21(18,19)17(12-4-5-12)13-7-8-16-10-13;/h3,6,9,12-13,16H,4-5,7-8,10H2,1-2H3;1H. The van der Waals surface area contributed by atoms with Crippen LogP contribution in [-0.4, -0.2) is 45.0 Å². The van der Waals surface area contributed by atoms with E-state index in [2.05, 4.69) is 5.32 Å². The minimum absolute atomic E-state index is 0. The first kappa shape index (κ1) is 17.5. The smallest absolute Gasteiger partial charge is 0.247 e. The number of nitrogens with one attached hydrogen (secondary N) is 1. The monoisotopic (exact) mass is 346 g/mol. The summed E-state index contributed by atoms with van der Waals surface area (Å²) < 4.78 is 33.3. The van der Waals surface area contributed by atoms with Crippen molar-refractivity contribution in [3.05, 3.63) is 23.8 Å². The van der Waals surface area contributed by atoms with Gasteiger partial charge in [-0.25, -0.2) is 8.42 Å². The van der Waals surface area contributed by atoms with Crippen LogP contribution in [0.15, 0.2) is 23.1 Å². The van der Waals surface area contributed by atoms with Crippen LogP contribution in [0.4, 0.5) is 0 Å². The number of aryl methyl sites for hydroxylation is 1. The summed E-state index contributed by atoms with van der Waals surface area (Å²) in [6.07, 6.45) is 2.80. The van der Waals surface area contributed by atoms with E-state index in [9.17, 15) is 8.42 Å². The van der Waals surface area contributed by atoms with E-state index in [0.29, 0.717) is 10.6 Å². The topological polar surface area (TPSA) is 58.6 Å². The Labute approximate surface area is 138 Å².